The van der Waals surface area contributed by atoms with E-state index < -0.39 is 5.72 Å². The van der Waals surface area contributed by atoms with Crippen molar-refractivity contribution < 1.29 is 14.3 Å². The van der Waals surface area contributed by atoms with E-state index >= 15 is 0 Å². The molecule has 0 amide bonds. The molecule has 1 unspecified atom stereocenters. The largest absolute Gasteiger partial charge is 0.488 e. The van der Waals surface area contributed by atoms with Gasteiger partial charge in [0.25, 0.3) is 5.72 Å². The van der Waals surface area contributed by atoms with Crippen LogP contribution in [-0.4, -0.2) is 30.5 Å². The summed E-state index contributed by atoms with van der Waals surface area (Å²) in [6.07, 6.45) is 1.91. The van der Waals surface area contributed by atoms with Crippen LogP contribution in [-0.2, 0) is 15.3 Å². The number of fused-ring (bicyclic) bond motifs is 4. The fourth-order valence-electron chi connectivity index (χ4n) is 2.84. The van der Waals surface area contributed by atoms with Gasteiger partial charge in [0.2, 0.25) is 5.84 Å². The van der Waals surface area contributed by atoms with Gasteiger partial charge >= 0.3 is 0 Å². The van der Waals surface area contributed by atoms with E-state index in [0.717, 1.165) is 29.5 Å². The third-order valence-electron chi connectivity index (χ3n) is 3.76. The van der Waals surface area contributed by atoms with E-state index in [1.807, 2.05) is 37.3 Å². The minimum atomic E-state index is -0.621. The lowest BCUT2D eigenvalue weighted by atomic mass is 10.0. The van der Waals surface area contributed by atoms with Gasteiger partial charge in [-0.25, -0.2) is 0 Å². The molecule has 19 heavy (non-hydrogen) atoms. The SMILES string of the molecule is CC=C1OCCN2C1=NOC21COc2ccccc21. The number of allylic oxidation sites excluding steroid dienone is 1. The van der Waals surface area contributed by atoms with Crippen molar-refractivity contribution in [1.29, 1.82) is 0 Å². The Labute approximate surface area is 111 Å². The van der Waals surface area contributed by atoms with E-state index in [4.69, 9.17) is 14.3 Å². The topological polar surface area (TPSA) is 43.3 Å². The Hall–Kier alpha value is -2.17. The Bertz CT molecular complexity index is 596. The lowest BCUT2D eigenvalue weighted by molar-refractivity contribution is -0.119. The van der Waals surface area contributed by atoms with E-state index in [2.05, 4.69) is 10.1 Å². The molecule has 0 radical (unpaired) electrons. The number of para-hydroxylation sites is 1. The van der Waals surface area contributed by atoms with E-state index in [1.54, 1.807) is 0 Å². The molecule has 1 aromatic rings. The quantitative estimate of drug-likeness (QED) is 0.712. The van der Waals surface area contributed by atoms with Crippen molar-refractivity contribution in [1.82, 2.24) is 4.90 Å². The number of hydrogen-bond acceptors (Lipinski definition) is 5. The third kappa shape index (κ3) is 1.27. The van der Waals surface area contributed by atoms with Crippen molar-refractivity contribution in [3.05, 3.63) is 41.7 Å². The molecule has 4 rings (SSSR count). The zero-order valence-electron chi connectivity index (χ0n) is 10.6. The molecule has 0 saturated carbocycles. The molecule has 1 aromatic carbocycles. The van der Waals surface area contributed by atoms with Gasteiger partial charge in [-0.05, 0) is 25.1 Å². The Kier molecular flexibility index (Phi) is 2.07. The first-order chi connectivity index (χ1) is 9.35. The van der Waals surface area contributed by atoms with E-state index in [9.17, 15) is 0 Å². The number of rotatable bonds is 0. The average molecular weight is 258 g/mol. The van der Waals surface area contributed by atoms with Gasteiger partial charge in [0.15, 0.2) is 12.4 Å². The molecule has 3 aliphatic rings. The normalized spacial score (nSPS) is 29.4. The highest BCUT2D eigenvalue weighted by Crippen LogP contribution is 2.46. The molecular weight excluding hydrogens is 244 g/mol. The Morgan fingerprint density at radius 1 is 1.32 bits per heavy atom. The van der Waals surface area contributed by atoms with Crippen LogP contribution in [0.25, 0.3) is 0 Å². The van der Waals surface area contributed by atoms with Crippen LogP contribution in [0.3, 0.4) is 0 Å². The number of amidine groups is 1. The molecule has 3 aliphatic heterocycles. The molecule has 0 bridgehead atoms. The summed E-state index contributed by atoms with van der Waals surface area (Å²) in [4.78, 5) is 7.91. The van der Waals surface area contributed by atoms with Crippen molar-refractivity contribution >= 4 is 5.84 Å². The predicted octanol–water partition coefficient (Wildman–Crippen LogP) is 1.81. The highest BCUT2D eigenvalue weighted by atomic mass is 16.7. The van der Waals surface area contributed by atoms with Crippen LogP contribution in [0.1, 0.15) is 12.5 Å². The lowest BCUT2D eigenvalue weighted by Gasteiger charge is -2.35. The number of ether oxygens (including phenoxy) is 2. The summed E-state index contributed by atoms with van der Waals surface area (Å²) in [5.41, 5.74) is 0.412. The minimum absolute atomic E-state index is 0.455. The maximum absolute atomic E-state index is 5.78. The second kappa shape index (κ2) is 3.66. The standard InChI is InChI=1S/C14H14N2O3/c1-2-11-13-15-19-14(16(13)7-8-17-11)9-18-12-6-4-3-5-10(12)14/h2-6H,7-9H2,1H3. The van der Waals surface area contributed by atoms with Gasteiger partial charge in [-0.2, -0.15) is 0 Å². The van der Waals surface area contributed by atoms with E-state index in [0.29, 0.717) is 13.2 Å². The molecule has 5 nitrogen and oxygen atoms in total. The first-order valence-electron chi connectivity index (χ1n) is 6.41. The van der Waals surface area contributed by atoms with Crippen molar-refractivity contribution in [2.24, 2.45) is 5.16 Å². The first kappa shape index (κ1) is 10.7. The second-order valence-corrected chi connectivity index (χ2v) is 4.73. The van der Waals surface area contributed by atoms with Crippen molar-refractivity contribution in [3.63, 3.8) is 0 Å². The summed E-state index contributed by atoms with van der Waals surface area (Å²) >= 11 is 0. The monoisotopic (exact) mass is 258 g/mol. The van der Waals surface area contributed by atoms with Gasteiger partial charge in [0, 0.05) is 0 Å². The maximum atomic E-state index is 5.78. The molecule has 0 aromatic heterocycles. The van der Waals surface area contributed by atoms with Gasteiger partial charge in [-0.3, -0.25) is 0 Å². The Morgan fingerprint density at radius 3 is 3.11 bits per heavy atom. The number of nitrogens with zero attached hydrogens (tertiary/aromatic N) is 2. The molecule has 1 fully saturated rings. The Morgan fingerprint density at radius 2 is 2.21 bits per heavy atom. The van der Waals surface area contributed by atoms with Gasteiger partial charge < -0.3 is 19.2 Å². The van der Waals surface area contributed by atoms with Crippen molar-refractivity contribution in [2.75, 3.05) is 19.8 Å². The minimum Gasteiger partial charge on any atom is -0.488 e. The van der Waals surface area contributed by atoms with Crippen LogP contribution in [0.4, 0.5) is 0 Å². The predicted molar refractivity (Wildman–Crippen MR) is 68.6 cm³/mol. The zero-order chi connectivity index (χ0) is 12.9. The van der Waals surface area contributed by atoms with E-state index in [1.165, 1.54) is 0 Å². The maximum Gasteiger partial charge on any atom is 0.275 e. The van der Waals surface area contributed by atoms with Crippen LogP contribution in [0.2, 0.25) is 0 Å². The number of oxime groups is 1. The summed E-state index contributed by atoms with van der Waals surface area (Å²) < 4.78 is 11.4. The van der Waals surface area contributed by atoms with Crippen molar-refractivity contribution in [3.8, 4) is 5.75 Å². The zero-order valence-corrected chi connectivity index (χ0v) is 10.6. The fraction of sp³-hybridized carbons (Fsp3) is 0.357. The summed E-state index contributed by atoms with van der Waals surface area (Å²) in [5.74, 6) is 2.40. The smallest absolute Gasteiger partial charge is 0.275 e. The van der Waals surface area contributed by atoms with Crippen LogP contribution < -0.4 is 4.74 Å². The van der Waals surface area contributed by atoms with Gasteiger partial charge in [-0.1, -0.05) is 17.3 Å². The second-order valence-electron chi connectivity index (χ2n) is 4.73. The fourth-order valence-corrected chi connectivity index (χ4v) is 2.84. The summed E-state index contributed by atoms with van der Waals surface area (Å²) in [5, 5.41) is 4.21. The lowest BCUT2D eigenvalue weighted by Crippen LogP contribution is -2.51. The molecule has 98 valence electrons. The van der Waals surface area contributed by atoms with Crippen molar-refractivity contribution in [2.45, 2.75) is 12.6 Å². The summed E-state index contributed by atoms with van der Waals surface area (Å²) in [6.45, 7) is 3.77. The molecule has 1 spiro atoms. The van der Waals surface area contributed by atoms with Crippen LogP contribution >= 0.6 is 0 Å². The first-order valence-corrected chi connectivity index (χ1v) is 6.41. The number of benzene rings is 1. The van der Waals surface area contributed by atoms with Gasteiger partial charge in [-0.15, -0.1) is 0 Å². The summed E-state index contributed by atoms with van der Waals surface area (Å²) in [7, 11) is 0. The van der Waals surface area contributed by atoms with Gasteiger partial charge in [0.1, 0.15) is 12.4 Å². The third-order valence-corrected chi connectivity index (χ3v) is 3.76. The average Bonchev–Trinajstić information content (AvgIpc) is 3.03. The molecule has 5 heteroatoms. The van der Waals surface area contributed by atoms with E-state index in [-0.39, 0.29) is 0 Å². The molecular formula is C14H14N2O3. The highest BCUT2D eigenvalue weighted by molar-refractivity contribution is 5.98. The van der Waals surface area contributed by atoms with Crippen LogP contribution in [0.5, 0.6) is 5.75 Å². The molecule has 1 saturated heterocycles. The van der Waals surface area contributed by atoms with Crippen LogP contribution in [0, 0.1) is 0 Å². The molecule has 3 heterocycles. The molecule has 0 aliphatic carbocycles. The highest BCUT2D eigenvalue weighted by Gasteiger charge is 2.55. The number of hydrogen-bond donors (Lipinski definition) is 0. The Balaban J connectivity index is 1.80. The molecule has 1 atom stereocenters. The van der Waals surface area contributed by atoms with Gasteiger partial charge in [0.05, 0.1) is 12.1 Å². The summed E-state index contributed by atoms with van der Waals surface area (Å²) in [6, 6.07) is 7.95. The molecule has 0 N–H and O–H groups in total. The van der Waals surface area contributed by atoms with Crippen LogP contribution in [0.15, 0.2) is 41.3 Å². The number of morpholine rings is 1.